The lowest BCUT2D eigenvalue weighted by atomic mass is 9.98. The molecule has 0 bridgehead atoms. The van der Waals surface area contributed by atoms with Crippen LogP contribution >= 0.6 is 0 Å². The molecule has 2 rings (SSSR count). The average molecular weight is 354 g/mol. The summed E-state index contributed by atoms with van der Waals surface area (Å²) >= 11 is 0. The zero-order chi connectivity index (χ0) is 18.9. The molecule has 0 aliphatic rings. The Labute approximate surface area is 154 Å². The Balaban J connectivity index is 2.07. The average Bonchev–Trinajstić information content (AvgIpc) is 2.67. The first-order chi connectivity index (χ1) is 12.5. The lowest BCUT2D eigenvalue weighted by Gasteiger charge is -2.23. The van der Waals surface area contributed by atoms with Crippen molar-refractivity contribution in [2.24, 2.45) is 11.7 Å². The largest absolute Gasteiger partial charge is 0.368 e. The molecule has 2 aromatic carbocycles. The minimum Gasteiger partial charge on any atom is -0.368 e. The number of hydrogen-bond acceptors (Lipinski definition) is 3. The van der Waals surface area contributed by atoms with Crippen molar-refractivity contribution in [2.75, 3.05) is 6.61 Å². The molecule has 2 amide bonds. The van der Waals surface area contributed by atoms with E-state index in [-0.39, 0.29) is 24.5 Å². The van der Waals surface area contributed by atoms with Crippen molar-refractivity contribution in [1.29, 1.82) is 0 Å². The molecule has 0 saturated heterocycles. The third-order valence-electron chi connectivity index (χ3n) is 4.42. The van der Waals surface area contributed by atoms with Gasteiger partial charge in [-0.3, -0.25) is 9.59 Å². The summed E-state index contributed by atoms with van der Waals surface area (Å²) in [6, 6.07) is 18.7. The van der Waals surface area contributed by atoms with Crippen molar-refractivity contribution in [3.05, 3.63) is 71.8 Å². The molecule has 5 heteroatoms. The standard InChI is InChI=1S/C21H26N2O3/c1-3-15(2)19(21(22)25)23-18(24)14-26-20(16-10-6-4-7-11-16)17-12-8-5-9-13-17/h4-13,15,19-20H,3,14H2,1-2H3,(H2,22,25)(H,23,24). The Morgan fingerprint density at radius 2 is 1.50 bits per heavy atom. The van der Waals surface area contributed by atoms with Gasteiger partial charge in [-0.25, -0.2) is 0 Å². The van der Waals surface area contributed by atoms with Gasteiger partial charge in [0.05, 0.1) is 0 Å². The number of nitrogens with two attached hydrogens (primary N) is 1. The van der Waals surface area contributed by atoms with E-state index < -0.39 is 11.9 Å². The predicted molar refractivity (Wildman–Crippen MR) is 101 cm³/mol. The number of rotatable bonds is 9. The maximum Gasteiger partial charge on any atom is 0.246 e. The second-order valence-corrected chi connectivity index (χ2v) is 6.35. The van der Waals surface area contributed by atoms with E-state index in [2.05, 4.69) is 5.32 Å². The first-order valence-corrected chi connectivity index (χ1v) is 8.83. The Bertz CT molecular complexity index is 664. The van der Waals surface area contributed by atoms with Crippen LogP contribution in [0.3, 0.4) is 0 Å². The van der Waals surface area contributed by atoms with Crippen molar-refractivity contribution in [1.82, 2.24) is 5.32 Å². The third-order valence-corrected chi connectivity index (χ3v) is 4.42. The molecule has 5 nitrogen and oxygen atoms in total. The lowest BCUT2D eigenvalue weighted by Crippen LogP contribution is -2.49. The fourth-order valence-electron chi connectivity index (χ4n) is 2.74. The molecule has 0 aliphatic heterocycles. The molecule has 0 aromatic heterocycles. The van der Waals surface area contributed by atoms with E-state index in [0.717, 1.165) is 17.5 Å². The summed E-state index contributed by atoms with van der Waals surface area (Å²) in [4.78, 5) is 23.9. The summed E-state index contributed by atoms with van der Waals surface area (Å²) in [5, 5.41) is 2.69. The van der Waals surface area contributed by atoms with E-state index in [4.69, 9.17) is 10.5 Å². The molecule has 0 aliphatic carbocycles. The number of hydrogen-bond donors (Lipinski definition) is 2. The summed E-state index contributed by atoms with van der Waals surface area (Å²) in [5.41, 5.74) is 7.32. The monoisotopic (exact) mass is 354 g/mol. The second kappa shape index (κ2) is 9.73. The Hall–Kier alpha value is -2.66. The molecule has 2 unspecified atom stereocenters. The second-order valence-electron chi connectivity index (χ2n) is 6.35. The first kappa shape index (κ1) is 19.7. The molecule has 138 valence electrons. The van der Waals surface area contributed by atoms with E-state index in [1.165, 1.54) is 0 Å². The van der Waals surface area contributed by atoms with Gasteiger partial charge in [-0.2, -0.15) is 0 Å². The highest BCUT2D eigenvalue weighted by molar-refractivity contribution is 5.87. The fraction of sp³-hybridized carbons (Fsp3) is 0.333. The van der Waals surface area contributed by atoms with Crippen LogP contribution in [0.5, 0.6) is 0 Å². The van der Waals surface area contributed by atoms with Crippen molar-refractivity contribution in [2.45, 2.75) is 32.4 Å². The molecule has 3 N–H and O–H groups in total. The molecule has 26 heavy (non-hydrogen) atoms. The number of ether oxygens (including phenoxy) is 1. The Kier molecular flexibility index (Phi) is 7.36. The zero-order valence-electron chi connectivity index (χ0n) is 15.2. The molecule has 0 radical (unpaired) electrons. The van der Waals surface area contributed by atoms with Gasteiger partial charge in [0.2, 0.25) is 11.8 Å². The Morgan fingerprint density at radius 3 is 1.92 bits per heavy atom. The van der Waals surface area contributed by atoms with Crippen LogP contribution in [0.4, 0.5) is 0 Å². The fourth-order valence-corrected chi connectivity index (χ4v) is 2.74. The van der Waals surface area contributed by atoms with Crippen LogP contribution in [0.25, 0.3) is 0 Å². The molecule has 2 atom stereocenters. The number of nitrogens with one attached hydrogen (secondary N) is 1. The van der Waals surface area contributed by atoms with Gasteiger partial charge in [-0.15, -0.1) is 0 Å². The highest BCUT2D eigenvalue weighted by Crippen LogP contribution is 2.25. The summed E-state index contributed by atoms with van der Waals surface area (Å²) in [6.45, 7) is 3.67. The number of amides is 2. The van der Waals surface area contributed by atoms with E-state index >= 15 is 0 Å². The van der Waals surface area contributed by atoms with Crippen LogP contribution in [-0.4, -0.2) is 24.5 Å². The van der Waals surface area contributed by atoms with Crippen molar-refractivity contribution in [3.8, 4) is 0 Å². The summed E-state index contributed by atoms with van der Waals surface area (Å²) < 4.78 is 5.91. The first-order valence-electron chi connectivity index (χ1n) is 8.83. The maximum absolute atomic E-state index is 12.3. The van der Waals surface area contributed by atoms with Gasteiger partial charge >= 0.3 is 0 Å². The van der Waals surface area contributed by atoms with E-state index in [1.54, 1.807) is 0 Å². The van der Waals surface area contributed by atoms with Crippen molar-refractivity contribution < 1.29 is 14.3 Å². The van der Waals surface area contributed by atoms with Crippen molar-refractivity contribution >= 4 is 11.8 Å². The van der Waals surface area contributed by atoms with Crippen LogP contribution in [0.2, 0.25) is 0 Å². The SMILES string of the molecule is CCC(C)C(NC(=O)COC(c1ccccc1)c1ccccc1)C(N)=O. The van der Waals surface area contributed by atoms with Gasteiger partial charge in [0.15, 0.2) is 0 Å². The van der Waals surface area contributed by atoms with Crippen molar-refractivity contribution in [3.63, 3.8) is 0 Å². The van der Waals surface area contributed by atoms with E-state index in [1.807, 2.05) is 74.5 Å². The normalized spacial score (nSPS) is 13.2. The molecule has 0 saturated carbocycles. The smallest absolute Gasteiger partial charge is 0.246 e. The minimum absolute atomic E-state index is 0.0320. The number of benzene rings is 2. The van der Waals surface area contributed by atoms with Crippen LogP contribution in [0.1, 0.15) is 37.5 Å². The van der Waals surface area contributed by atoms with E-state index in [0.29, 0.717) is 0 Å². The van der Waals surface area contributed by atoms with Crippen LogP contribution in [0.15, 0.2) is 60.7 Å². The molecular weight excluding hydrogens is 328 g/mol. The summed E-state index contributed by atoms with van der Waals surface area (Å²) in [6.07, 6.45) is 0.379. The van der Waals surface area contributed by atoms with Crippen LogP contribution < -0.4 is 11.1 Å². The van der Waals surface area contributed by atoms with Crippen LogP contribution in [0, 0.1) is 5.92 Å². The van der Waals surface area contributed by atoms with E-state index in [9.17, 15) is 9.59 Å². The highest BCUT2D eigenvalue weighted by atomic mass is 16.5. The Morgan fingerprint density at radius 1 is 1.00 bits per heavy atom. The van der Waals surface area contributed by atoms with Gasteiger partial charge in [-0.1, -0.05) is 80.9 Å². The molecule has 0 spiro atoms. The molecule has 2 aromatic rings. The summed E-state index contributed by atoms with van der Waals surface area (Å²) in [5.74, 6) is -0.920. The van der Waals surface area contributed by atoms with Gasteiger partial charge < -0.3 is 15.8 Å². The quantitative estimate of drug-likeness (QED) is 0.726. The molecule has 0 heterocycles. The van der Waals surface area contributed by atoms with Crippen LogP contribution in [-0.2, 0) is 14.3 Å². The lowest BCUT2D eigenvalue weighted by molar-refractivity contribution is -0.132. The predicted octanol–water partition coefficient (Wildman–Crippen LogP) is 2.81. The van der Waals surface area contributed by atoms with Gasteiger partial charge in [0.25, 0.3) is 0 Å². The zero-order valence-corrected chi connectivity index (χ0v) is 15.2. The highest BCUT2D eigenvalue weighted by Gasteiger charge is 2.24. The van der Waals surface area contributed by atoms with Gasteiger partial charge in [0.1, 0.15) is 18.8 Å². The molecule has 0 fully saturated rings. The summed E-state index contributed by atoms with van der Waals surface area (Å²) in [7, 11) is 0. The number of primary amides is 1. The molecular formula is C21H26N2O3. The third kappa shape index (κ3) is 5.43. The maximum atomic E-state index is 12.3. The number of carbonyl (C=O) groups is 2. The number of carbonyl (C=O) groups excluding carboxylic acids is 2. The minimum atomic E-state index is -0.692. The van der Waals surface area contributed by atoms with Gasteiger partial charge in [-0.05, 0) is 17.0 Å². The van der Waals surface area contributed by atoms with Gasteiger partial charge in [0, 0.05) is 0 Å². The topological polar surface area (TPSA) is 81.4 Å².